The van der Waals surface area contributed by atoms with Gasteiger partial charge in [0.15, 0.2) is 0 Å². The average molecular weight is 190 g/mol. The van der Waals surface area contributed by atoms with Gasteiger partial charge in [-0.15, -0.1) is 0 Å². The Morgan fingerprint density at radius 2 is 1.93 bits per heavy atom. The minimum Gasteiger partial charge on any atom is -0.303 e. The van der Waals surface area contributed by atoms with Crippen LogP contribution in [0, 0.1) is 0 Å². The van der Waals surface area contributed by atoms with Crippen LogP contribution >= 0.6 is 0 Å². The molecule has 0 aliphatic carbocycles. The van der Waals surface area contributed by atoms with Crippen LogP contribution in [0.3, 0.4) is 0 Å². The molecule has 1 heteroatoms. The normalized spacial score (nSPS) is 12.4. The molecule has 0 amide bonds. The van der Waals surface area contributed by atoms with E-state index in [1.807, 2.05) is 0 Å². The van der Waals surface area contributed by atoms with Crippen molar-refractivity contribution in [2.24, 2.45) is 0 Å². The van der Waals surface area contributed by atoms with Gasteiger partial charge >= 0.3 is 0 Å². The standard InChI is InChI=1S/C13H18O/c1-3-4-12-5-7-13(8-6-12)11(2)9-10-14/h5-8,10-11H,3-4,9H2,1-2H3. The van der Waals surface area contributed by atoms with E-state index in [4.69, 9.17) is 0 Å². The third-order valence-corrected chi connectivity index (χ3v) is 2.54. The molecule has 0 saturated carbocycles. The van der Waals surface area contributed by atoms with Gasteiger partial charge < -0.3 is 4.79 Å². The number of carbonyl (C=O) groups is 1. The van der Waals surface area contributed by atoms with Gasteiger partial charge in [-0.05, 0) is 23.5 Å². The Morgan fingerprint density at radius 1 is 1.29 bits per heavy atom. The molecule has 0 bridgehead atoms. The monoisotopic (exact) mass is 190 g/mol. The topological polar surface area (TPSA) is 17.1 Å². The third-order valence-electron chi connectivity index (χ3n) is 2.54. The van der Waals surface area contributed by atoms with Gasteiger partial charge in [-0.3, -0.25) is 0 Å². The first kappa shape index (κ1) is 11.0. The predicted molar refractivity (Wildman–Crippen MR) is 59.5 cm³/mol. The van der Waals surface area contributed by atoms with E-state index in [-0.39, 0.29) is 0 Å². The second-order valence-electron chi connectivity index (χ2n) is 3.79. The van der Waals surface area contributed by atoms with Crippen LogP contribution in [0.4, 0.5) is 0 Å². The van der Waals surface area contributed by atoms with Crippen LogP contribution in [0.15, 0.2) is 24.3 Å². The summed E-state index contributed by atoms with van der Waals surface area (Å²) in [4.78, 5) is 10.4. The Balaban J connectivity index is 2.67. The molecule has 1 aromatic carbocycles. The van der Waals surface area contributed by atoms with E-state index in [1.165, 1.54) is 17.5 Å². The molecule has 0 radical (unpaired) electrons. The SMILES string of the molecule is CCCc1ccc(C(C)CC=O)cc1. The Labute approximate surface area is 86.1 Å². The van der Waals surface area contributed by atoms with Crippen molar-refractivity contribution >= 4 is 6.29 Å². The highest BCUT2D eigenvalue weighted by molar-refractivity contribution is 5.51. The van der Waals surface area contributed by atoms with Crippen LogP contribution in [0.2, 0.25) is 0 Å². The van der Waals surface area contributed by atoms with Crippen molar-refractivity contribution < 1.29 is 4.79 Å². The fourth-order valence-corrected chi connectivity index (χ4v) is 1.58. The molecule has 0 fully saturated rings. The lowest BCUT2D eigenvalue weighted by molar-refractivity contribution is -0.108. The van der Waals surface area contributed by atoms with Crippen molar-refractivity contribution in [1.82, 2.24) is 0 Å². The first-order chi connectivity index (χ1) is 6.77. The van der Waals surface area contributed by atoms with E-state index in [9.17, 15) is 4.79 Å². The maximum absolute atomic E-state index is 10.4. The zero-order chi connectivity index (χ0) is 10.4. The highest BCUT2D eigenvalue weighted by Gasteiger charge is 2.03. The third kappa shape index (κ3) is 2.99. The van der Waals surface area contributed by atoms with Crippen molar-refractivity contribution in [3.05, 3.63) is 35.4 Å². The summed E-state index contributed by atoms with van der Waals surface area (Å²) in [5.74, 6) is 0.350. The van der Waals surface area contributed by atoms with Gasteiger partial charge in [-0.2, -0.15) is 0 Å². The summed E-state index contributed by atoms with van der Waals surface area (Å²) in [6, 6.07) is 8.61. The van der Waals surface area contributed by atoms with Crippen LogP contribution in [0.1, 0.15) is 43.7 Å². The number of hydrogen-bond acceptors (Lipinski definition) is 1. The van der Waals surface area contributed by atoms with Gasteiger partial charge in [0.25, 0.3) is 0 Å². The second-order valence-corrected chi connectivity index (χ2v) is 3.79. The zero-order valence-corrected chi connectivity index (χ0v) is 8.99. The first-order valence-corrected chi connectivity index (χ1v) is 5.30. The van der Waals surface area contributed by atoms with Gasteiger partial charge in [0, 0.05) is 6.42 Å². The number of hydrogen-bond donors (Lipinski definition) is 0. The number of carbonyl (C=O) groups excluding carboxylic acids is 1. The maximum Gasteiger partial charge on any atom is 0.120 e. The predicted octanol–water partition coefficient (Wildman–Crippen LogP) is 3.33. The number of aldehydes is 1. The van der Waals surface area contributed by atoms with Gasteiger partial charge in [0.05, 0.1) is 0 Å². The minimum atomic E-state index is 0.350. The highest BCUT2D eigenvalue weighted by Crippen LogP contribution is 2.18. The fourth-order valence-electron chi connectivity index (χ4n) is 1.58. The van der Waals surface area contributed by atoms with Crippen LogP contribution in [0.25, 0.3) is 0 Å². The molecular weight excluding hydrogens is 172 g/mol. The summed E-state index contributed by atoms with van der Waals surface area (Å²) in [6.45, 7) is 4.27. The summed E-state index contributed by atoms with van der Waals surface area (Å²) in [7, 11) is 0. The molecule has 0 aliphatic rings. The number of rotatable bonds is 5. The lowest BCUT2D eigenvalue weighted by atomic mass is 9.97. The van der Waals surface area contributed by atoms with E-state index >= 15 is 0 Å². The molecule has 1 nitrogen and oxygen atoms in total. The lowest BCUT2D eigenvalue weighted by Crippen LogP contribution is -1.94. The molecule has 0 N–H and O–H groups in total. The van der Waals surface area contributed by atoms with E-state index in [0.29, 0.717) is 12.3 Å². The molecule has 1 unspecified atom stereocenters. The van der Waals surface area contributed by atoms with Gasteiger partial charge in [0.1, 0.15) is 6.29 Å². The summed E-state index contributed by atoms with van der Waals surface area (Å²) >= 11 is 0. The summed E-state index contributed by atoms with van der Waals surface area (Å²) in [5.41, 5.74) is 2.64. The lowest BCUT2D eigenvalue weighted by Gasteiger charge is -2.08. The van der Waals surface area contributed by atoms with Crippen LogP contribution in [-0.4, -0.2) is 6.29 Å². The molecule has 1 atom stereocenters. The van der Waals surface area contributed by atoms with Gasteiger partial charge in [-0.1, -0.05) is 44.5 Å². The molecule has 0 aliphatic heterocycles. The summed E-state index contributed by atoms with van der Waals surface area (Å²) in [6.07, 6.45) is 3.93. The minimum absolute atomic E-state index is 0.350. The number of benzene rings is 1. The van der Waals surface area contributed by atoms with Crippen LogP contribution in [0.5, 0.6) is 0 Å². The quantitative estimate of drug-likeness (QED) is 0.651. The molecule has 0 heterocycles. The Bertz CT molecular complexity index is 274. The fraction of sp³-hybridized carbons (Fsp3) is 0.462. The Hall–Kier alpha value is -1.11. The summed E-state index contributed by atoms with van der Waals surface area (Å²) < 4.78 is 0. The molecule has 14 heavy (non-hydrogen) atoms. The molecule has 1 rings (SSSR count). The molecule has 0 saturated heterocycles. The molecule has 0 aromatic heterocycles. The molecule has 76 valence electrons. The van der Waals surface area contributed by atoms with E-state index < -0.39 is 0 Å². The van der Waals surface area contributed by atoms with Crippen molar-refractivity contribution in [2.75, 3.05) is 0 Å². The van der Waals surface area contributed by atoms with Crippen molar-refractivity contribution in [1.29, 1.82) is 0 Å². The Morgan fingerprint density at radius 3 is 2.43 bits per heavy atom. The van der Waals surface area contributed by atoms with Crippen LogP contribution < -0.4 is 0 Å². The highest BCUT2D eigenvalue weighted by atomic mass is 16.1. The zero-order valence-electron chi connectivity index (χ0n) is 8.99. The van der Waals surface area contributed by atoms with Crippen molar-refractivity contribution in [2.45, 2.75) is 39.0 Å². The van der Waals surface area contributed by atoms with Crippen molar-refractivity contribution in [3.63, 3.8) is 0 Å². The van der Waals surface area contributed by atoms with Gasteiger partial charge in [0.2, 0.25) is 0 Å². The Kier molecular flexibility index (Phi) is 4.37. The second kappa shape index (κ2) is 5.58. The molecule has 0 spiro atoms. The average Bonchev–Trinajstić information content (AvgIpc) is 2.20. The summed E-state index contributed by atoms with van der Waals surface area (Å²) in [5, 5.41) is 0. The molecular formula is C13H18O. The van der Waals surface area contributed by atoms with Crippen LogP contribution in [-0.2, 0) is 11.2 Å². The number of aryl methyl sites for hydroxylation is 1. The largest absolute Gasteiger partial charge is 0.303 e. The van der Waals surface area contributed by atoms with E-state index in [0.717, 1.165) is 12.7 Å². The molecule has 1 aromatic rings. The van der Waals surface area contributed by atoms with Crippen molar-refractivity contribution in [3.8, 4) is 0 Å². The van der Waals surface area contributed by atoms with E-state index in [2.05, 4.69) is 38.1 Å². The first-order valence-electron chi connectivity index (χ1n) is 5.30. The van der Waals surface area contributed by atoms with Gasteiger partial charge in [-0.25, -0.2) is 0 Å². The smallest absolute Gasteiger partial charge is 0.120 e. The van der Waals surface area contributed by atoms with E-state index in [1.54, 1.807) is 0 Å². The maximum atomic E-state index is 10.4.